The molecule has 1 amide bonds. The molecule has 0 aliphatic rings. The molecule has 0 saturated carbocycles. The van der Waals surface area contributed by atoms with E-state index in [0.717, 1.165) is 0 Å². The maximum Gasteiger partial charge on any atom is 0.259 e. The van der Waals surface area contributed by atoms with Crippen molar-refractivity contribution in [1.29, 1.82) is 0 Å². The van der Waals surface area contributed by atoms with E-state index in [1.807, 2.05) is 18.4 Å². The minimum Gasteiger partial charge on any atom is -0.383 e. The number of ether oxygens (including phenoxy) is 1. The van der Waals surface area contributed by atoms with Crippen molar-refractivity contribution in [2.45, 2.75) is 26.4 Å². The first-order valence-corrected chi connectivity index (χ1v) is 9.80. The van der Waals surface area contributed by atoms with E-state index in [2.05, 4.69) is 25.6 Å². The number of hydrogen-bond donors (Lipinski definition) is 1. The van der Waals surface area contributed by atoms with E-state index in [1.165, 1.54) is 12.1 Å². The number of anilines is 1. The summed E-state index contributed by atoms with van der Waals surface area (Å²) in [6, 6.07) is 8.10. The minimum absolute atomic E-state index is 0.0933. The Morgan fingerprint density at radius 2 is 2.13 bits per heavy atom. The highest BCUT2D eigenvalue weighted by atomic mass is 19.1. The van der Waals surface area contributed by atoms with Gasteiger partial charge in [-0.3, -0.25) is 9.48 Å². The number of pyridine rings is 1. The molecular formula is C21H22FN7O2. The van der Waals surface area contributed by atoms with Crippen LogP contribution in [-0.2, 0) is 11.3 Å². The zero-order chi connectivity index (χ0) is 22.0. The van der Waals surface area contributed by atoms with Crippen LogP contribution in [0.25, 0.3) is 22.4 Å². The Hall–Kier alpha value is -3.66. The summed E-state index contributed by atoms with van der Waals surface area (Å²) < 4.78 is 23.2. The average Bonchev–Trinajstić information content (AvgIpc) is 3.39. The maximum atomic E-state index is 14.6. The van der Waals surface area contributed by atoms with Crippen LogP contribution in [0.15, 0.2) is 42.9 Å². The number of nitrogens with one attached hydrogen (secondary N) is 1. The number of carbonyl (C=O) groups excluding carboxylic acids is 1. The molecule has 1 aromatic carbocycles. The van der Waals surface area contributed by atoms with E-state index in [4.69, 9.17) is 4.74 Å². The third kappa shape index (κ3) is 4.15. The molecule has 31 heavy (non-hydrogen) atoms. The number of methoxy groups -OCH3 is 1. The van der Waals surface area contributed by atoms with Crippen molar-refractivity contribution in [2.75, 3.05) is 19.0 Å². The lowest BCUT2D eigenvalue weighted by atomic mass is 10.1. The quantitative estimate of drug-likeness (QED) is 0.490. The van der Waals surface area contributed by atoms with Crippen LogP contribution in [0.1, 0.15) is 30.2 Å². The van der Waals surface area contributed by atoms with Crippen molar-refractivity contribution in [3.8, 4) is 11.5 Å². The maximum absolute atomic E-state index is 14.6. The number of carbonyl (C=O) groups is 1. The molecule has 3 aromatic heterocycles. The number of aromatic nitrogens is 6. The van der Waals surface area contributed by atoms with Gasteiger partial charge in [-0.2, -0.15) is 5.10 Å². The van der Waals surface area contributed by atoms with Crippen LogP contribution in [0.3, 0.4) is 0 Å². The standard InChI is InChI=1S/C21H22FN7O2/c1-13(2)28-12-23-27-20(28)17-5-4-6-19(25-17)26-21(30)15-10-18-14(9-16(15)22)11-24-29(18)7-8-31-3/h4-6,9-13H,7-8H2,1-3H3,(H,25,26,30). The second-order valence-corrected chi connectivity index (χ2v) is 7.27. The normalized spacial score (nSPS) is 11.4. The number of hydrogen-bond acceptors (Lipinski definition) is 6. The van der Waals surface area contributed by atoms with Gasteiger partial charge in [-0.05, 0) is 38.1 Å². The van der Waals surface area contributed by atoms with Gasteiger partial charge in [0.25, 0.3) is 5.91 Å². The van der Waals surface area contributed by atoms with E-state index >= 15 is 0 Å². The predicted molar refractivity (Wildman–Crippen MR) is 113 cm³/mol. The van der Waals surface area contributed by atoms with Crippen LogP contribution in [0, 0.1) is 5.82 Å². The lowest BCUT2D eigenvalue weighted by Gasteiger charge is -2.11. The highest BCUT2D eigenvalue weighted by Crippen LogP contribution is 2.22. The van der Waals surface area contributed by atoms with Gasteiger partial charge in [0, 0.05) is 18.5 Å². The number of fused-ring (bicyclic) bond motifs is 1. The minimum atomic E-state index is -0.632. The largest absolute Gasteiger partial charge is 0.383 e. The van der Waals surface area contributed by atoms with Gasteiger partial charge in [0.2, 0.25) is 0 Å². The molecule has 0 fully saturated rings. The average molecular weight is 423 g/mol. The first-order chi connectivity index (χ1) is 15.0. The van der Waals surface area contributed by atoms with E-state index in [9.17, 15) is 9.18 Å². The van der Waals surface area contributed by atoms with Gasteiger partial charge in [0.05, 0.1) is 30.4 Å². The van der Waals surface area contributed by atoms with Crippen LogP contribution in [0.2, 0.25) is 0 Å². The summed E-state index contributed by atoms with van der Waals surface area (Å²) in [5, 5.41) is 15.6. The monoisotopic (exact) mass is 423 g/mol. The lowest BCUT2D eigenvalue weighted by molar-refractivity contribution is 0.102. The summed E-state index contributed by atoms with van der Waals surface area (Å²) >= 11 is 0. The van der Waals surface area contributed by atoms with Gasteiger partial charge in [0.15, 0.2) is 5.82 Å². The van der Waals surface area contributed by atoms with Gasteiger partial charge < -0.3 is 14.6 Å². The Balaban J connectivity index is 1.62. The van der Waals surface area contributed by atoms with E-state index in [1.54, 1.807) is 42.5 Å². The summed E-state index contributed by atoms with van der Waals surface area (Å²) in [7, 11) is 1.59. The molecule has 9 nitrogen and oxygen atoms in total. The Labute approximate surface area is 177 Å². The molecular weight excluding hydrogens is 401 g/mol. The Morgan fingerprint density at radius 3 is 2.90 bits per heavy atom. The summed E-state index contributed by atoms with van der Waals surface area (Å²) in [5.41, 5.74) is 1.11. The van der Waals surface area contributed by atoms with Crippen LogP contribution < -0.4 is 5.32 Å². The molecule has 0 atom stereocenters. The molecule has 160 valence electrons. The molecule has 3 heterocycles. The Kier molecular flexibility index (Phi) is 5.72. The third-order valence-corrected chi connectivity index (χ3v) is 4.83. The number of halogens is 1. The first kappa shape index (κ1) is 20.6. The number of rotatable bonds is 7. The molecule has 0 bridgehead atoms. The molecule has 0 saturated heterocycles. The Bertz CT molecular complexity index is 1230. The van der Waals surface area contributed by atoms with E-state index in [-0.39, 0.29) is 17.4 Å². The Morgan fingerprint density at radius 1 is 1.29 bits per heavy atom. The van der Waals surface area contributed by atoms with Gasteiger partial charge in [-0.25, -0.2) is 9.37 Å². The van der Waals surface area contributed by atoms with Gasteiger partial charge >= 0.3 is 0 Å². The zero-order valence-electron chi connectivity index (χ0n) is 17.4. The number of amides is 1. The van der Waals surface area contributed by atoms with Crippen molar-refractivity contribution in [3.63, 3.8) is 0 Å². The lowest BCUT2D eigenvalue weighted by Crippen LogP contribution is -2.15. The van der Waals surface area contributed by atoms with Gasteiger partial charge in [-0.15, -0.1) is 10.2 Å². The summed E-state index contributed by atoms with van der Waals surface area (Å²) in [6.45, 7) is 4.96. The predicted octanol–water partition coefficient (Wildman–Crippen LogP) is 3.31. The molecule has 1 N–H and O–H groups in total. The number of nitrogens with zero attached hydrogens (tertiary/aromatic N) is 6. The fraction of sp³-hybridized carbons (Fsp3) is 0.286. The second kappa shape index (κ2) is 8.60. The topological polar surface area (TPSA) is 99.8 Å². The highest BCUT2D eigenvalue weighted by Gasteiger charge is 2.17. The molecule has 0 radical (unpaired) electrons. The van der Waals surface area contributed by atoms with E-state index < -0.39 is 11.7 Å². The summed E-state index contributed by atoms with van der Waals surface area (Å²) in [6.07, 6.45) is 3.19. The molecule has 0 aliphatic carbocycles. The fourth-order valence-electron chi connectivity index (χ4n) is 3.24. The highest BCUT2D eigenvalue weighted by molar-refractivity contribution is 6.06. The smallest absolute Gasteiger partial charge is 0.259 e. The van der Waals surface area contributed by atoms with Crippen molar-refractivity contribution in [1.82, 2.24) is 29.5 Å². The van der Waals surface area contributed by atoms with Crippen LogP contribution in [0.5, 0.6) is 0 Å². The molecule has 0 aliphatic heterocycles. The molecule has 10 heteroatoms. The first-order valence-electron chi connectivity index (χ1n) is 9.80. The van der Waals surface area contributed by atoms with Gasteiger partial charge in [0.1, 0.15) is 23.7 Å². The molecule has 0 unspecified atom stereocenters. The van der Waals surface area contributed by atoms with Crippen molar-refractivity contribution < 1.29 is 13.9 Å². The van der Waals surface area contributed by atoms with Crippen molar-refractivity contribution in [3.05, 3.63) is 54.2 Å². The van der Waals surface area contributed by atoms with Crippen LogP contribution in [0.4, 0.5) is 10.2 Å². The SMILES string of the molecule is COCCn1ncc2cc(F)c(C(=O)Nc3cccc(-c4nncn4C(C)C)n3)cc21. The summed E-state index contributed by atoms with van der Waals surface area (Å²) in [5.74, 6) is -0.366. The van der Waals surface area contributed by atoms with Crippen LogP contribution >= 0.6 is 0 Å². The van der Waals surface area contributed by atoms with Crippen molar-refractivity contribution >= 4 is 22.6 Å². The summed E-state index contributed by atoms with van der Waals surface area (Å²) in [4.78, 5) is 17.3. The third-order valence-electron chi connectivity index (χ3n) is 4.83. The van der Waals surface area contributed by atoms with E-state index in [0.29, 0.717) is 35.6 Å². The zero-order valence-corrected chi connectivity index (χ0v) is 17.4. The van der Waals surface area contributed by atoms with Crippen LogP contribution in [-0.4, -0.2) is 49.2 Å². The molecule has 4 rings (SSSR count). The van der Waals surface area contributed by atoms with Crippen molar-refractivity contribution in [2.24, 2.45) is 0 Å². The fourth-order valence-corrected chi connectivity index (χ4v) is 3.24. The number of benzene rings is 1. The van der Waals surface area contributed by atoms with Gasteiger partial charge in [-0.1, -0.05) is 6.07 Å². The molecule has 0 spiro atoms. The second-order valence-electron chi connectivity index (χ2n) is 7.27. The molecule has 4 aromatic rings.